The summed E-state index contributed by atoms with van der Waals surface area (Å²) in [5, 5.41) is 3.87. The summed E-state index contributed by atoms with van der Waals surface area (Å²) < 4.78 is 11.4. The van der Waals surface area contributed by atoms with Crippen molar-refractivity contribution in [3.8, 4) is 0 Å². The minimum atomic E-state index is -0.419. The van der Waals surface area contributed by atoms with Gasteiger partial charge >= 0.3 is 0 Å². The van der Waals surface area contributed by atoms with E-state index in [1.54, 1.807) is 18.2 Å². The predicted octanol–water partition coefficient (Wildman–Crippen LogP) is 3.16. The number of nitrogens with one attached hydrogen (secondary N) is 1. The van der Waals surface area contributed by atoms with Gasteiger partial charge in [0.15, 0.2) is 0 Å². The fraction of sp³-hybridized carbons (Fsp3) is 0.412. The van der Waals surface area contributed by atoms with Crippen molar-refractivity contribution in [3.05, 3.63) is 47.4 Å². The van der Waals surface area contributed by atoms with E-state index < -0.39 is 11.2 Å². The molecule has 1 amide bonds. The van der Waals surface area contributed by atoms with Crippen molar-refractivity contribution in [1.82, 2.24) is 5.43 Å². The number of ether oxygens (including phenoxy) is 2. The molecule has 1 heterocycles. The Balaban J connectivity index is 1.93. The Labute approximate surface area is 131 Å². The number of carbonyl (C=O) groups is 1. The number of amides is 1. The minimum Gasteiger partial charge on any atom is -0.455 e. The number of hydrazone groups is 1. The zero-order valence-corrected chi connectivity index (χ0v) is 13.6. The van der Waals surface area contributed by atoms with Gasteiger partial charge < -0.3 is 9.47 Å². The molecule has 1 saturated heterocycles. The third kappa shape index (κ3) is 3.47. The number of hydrogen-bond donors (Lipinski definition) is 1. The van der Waals surface area contributed by atoms with E-state index in [0.29, 0.717) is 11.5 Å². The molecular formula is C17H22N2O3. The van der Waals surface area contributed by atoms with Crippen molar-refractivity contribution in [2.45, 2.75) is 45.8 Å². The van der Waals surface area contributed by atoms with Crippen LogP contribution < -0.4 is 5.43 Å². The lowest BCUT2D eigenvalue weighted by atomic mass is 9.90. The smallest absolute Gasteiger partial charge is 0.282 e. The highest BCUT2D eigenvalue weighted by atomic mass is 16.7. The summed E-state index contributed by atoms with van der Waals surface area (Å²) in [4.78, 5) is 11.9. The molecule has 1 aromatic rings. The normalized spacial score (nSPS) is 18.7. The second-order valence-electron chi connectivity index (χ2n) is 6.30. The average molecular weight is 302 g/mol. The molecule has 22 heavy (non-hydrogen) atoms. The van der Waals surface area contributed by atoms with Crippen LogP contribution in [-0.2, 0) is 9.47 Å². The Hall–Kier alpha value is -2.30. The summed E-state index contributed by atoms with van der Waals surface area (Å²) >= 11 is 0. The van der Waals surface area contributed by atoms with Gasteiger partial charge in [-0.1, -0.05) is 17.7 Å². The molecule has 1 aromatic carbocycles. The van der Waals surface area contributed by atoms with Gasteiger partial charge in [-0.05, 0) is 46.8 Å². The van der Waals surface area contributed by atoms with Gasteiger partial charge in [-0.15, -0.1) is 0 Å². The van der Waals surface area contributed by atoms with Gasteiger partial charge in [-0.25, -0.2) is 5.43 Å². The number of rotatable bonds is 3. The molecule has 118 valence electrons. The van der Waals surface area contributed by atoms with Gasteiger partial charge in [0.25, 0.3) is 11.9 Å². The Bertz CT molecular complexity index is 595. The maximum absolute atomic E-state index is 11.9. The highest BCUT2D eigenvalue weighted by Gasteiger charge is 2.48. The Morgan fingerprint density at radius 2 is 1.64 bits per heavy atom. The molecule has 5 heteroatoms. The van der Waals surface area contributed by atoms with Crippen molar-refractivity contribution in [3.63, 3.8) is 0 Å². The van der Waals surface area contributed by atoms with Gasteiger partial charge in [0, 0.05) is 11.6 Å². The molecule has 0 spiro atoms. The van der Waals surface area contributed by atoms with Crippen molar-refractivity contribution >= 4 is 12.1 Å². The Morgan fingerprint density at radius 1 is 1.09 bits per heavy atom. The first-order valence-corrected chi connectivity index (χ1v) is 7.20. The highest BCUT2D eigenvalue weighted by molar-refractivity contribution is 5.94. The number of nitrogens with zero attached hydrogens (tertiary/aromatic N) is 1. The molecule has 2 rings (SSSR count). The molecule has 0 atom stereocenters. The van der Waals surface area contributed by atoms with Crippen molar-refractivity contribution in [1.29, 1.82) is 0 Å². The van der Waals surface area contributed by atoms with Crippen LogP contribution in [0.4, 0.5) is 0 Å². The summed E-state index contributed by atoms with van der Waals surface area (Å²) in [7, 11) is 0. The molecule has 5 nitrogen and oxygen atoms in total. The maximum Gasteiger partial charge on any atom is 0.282 e. The first-order chi connectivity index (χ1) is 10.2. The standard InChI is InChI=1S/C17H22N2O3/c1-12-6-8-13(9-7-12)15(20)19-18-11-10-14-21-16(2,3)17(4,5)22-14/h6-11H,1-5H3,(H,19,20)/b18-11+. The molecule has 1 aliphatic heterocycles. The van der Waals surface area contributed by atoms with Crippen molar-refractivity contribution < 1.29 is 14.3 Å². The summed E-state index contributed by atoms with van der Waals surface area (Å²) in [6.45, 7) is 9.82. The van der Waals surface area contributed by atoms with E-state index in [9.17, 15) is 4.79 Å². The monoisotopic (exact) mass is 302 g/mol. The quantitative estimate of drug-likeness (QED) is 0.689. The van der Waals surface area contributed by atoms with E-state index >= 15 is 0 Å². The second-order valence-corrected chi connectivity index (χ2v) is 6.30. The van der Waals surface area contributed by atoms with Gasteiger partial charge in [0.2, 0.25) is 0 Å². The van der Waals surface area contributed by atoms with E-state index in [4.69, 9.17) is 9.47 Å². The molecule has 0 unspecified atom stereocenters. The lowest BCUT2D eigenvalue weighted by Gasteiger charge is -2.28. The maximum atomic E-state index is 11.9. The van der Waals surface area contributed by atoms with Crippen LogP contribution in [0.2, 0.25) is 0 Å². The summed E-state index contributed by atoms with van der Waals surface area (Å²) in [5.74, 6) is 0.131. The van der Waals surface area contributed by atoms with Crippen LogP contribution >= 0.6 is 0 Å². The first-order valence-electron chi connectivity index (χ1n) is 7.20. The molecule has 0 radical (unpaired) electrons. The van der Waals surface area contributed by atoms with Gasteiger partial charge in [-0.2, -0.15) is 5.10 Å². The van der Waals surface area contributed by atoms with Crippen LogP contribution in [0.5, 0.6) is 0 Å². The average Bonchev–Trinajstić information content (AvgIpc) is 2.63. The zero-order chi connectivity index (χ0) is 16.4. The van der Waals surface area contributed by atoms with Crippen LogP contribution in [0.25, 0.3) is 0 Å². The van der Waals surface area contributed by atoms with Crippen LogP contribution in [-0.4, -0.2) is 23.3 Å². The number of carbonyl (C=O) groups excluding carboxylic acids is 1. The Morgan fingerprint density at radius 3 is 2.18 bits per heavy atom. The fourth-order valence-corrected chi connectivity index (χ4v) is 1.80. The summed E-state index contributed by atoms with van der Waals surface area (Å²) in [5.41, 5.74) is 3.28. The SMILES string of the molecule is Cc1ccc(C(=O)N/N=C/C=C2OC(C)(C)C(C)(C)O2)cc1. The zero-order valence-electron chi connectivity index (χ0n) is 13.6. The van der Waals surface area contributed by atoms with Crippen LogP contribution in [0.1, 0.15) is 43.6 Å². The van der Waals surface area contributed by atoms with E-state index in [2.05, 4.69) is 10.5 Å². The van der Waals surface area contributed by atoms with Crippen LogP contribution in [0.3, 0.4) is 0 Å². The van der Waals surface area contributed by atoms with E-state index in [1.807, 2.05) is 46.8 Å². The summed E-state index contributed by atoms with van der Waals surface area (Å²) in [6, 6.07) is 7.27. The van der Waals surface area contributed by atoms with Crippen LogP contribution in [0.15, 0.2) is 41.4 Å². The molecule has 0 aromatic heterocycles. The Kier molecular flexibility index (Phi) is 4.26. The molecule has 1 fully saturated rings. The third-order valence-corrected chi connectivity index (χ3v) is 3.93. The molecule has 0 aliphatic carbocycles. The lowest BCUT2D eigenvalue weighted by Crippen LogP contribution is -2.41. The summed E-state index contributed by atoms with van der Waals surface area (Å²) in [6.07, 6.45) is 3.03. The van der Waals surface area contributed by atoms with Crippen molar-refractivity contribution in [2.75, 3.05) is 0 Å². The van der Waals surface area contributed by atoms with E-state index in [1.165, 1.54) is 6.21 Å². The number of benzene rings is 1. The molecule has 1 N–H and O–H groups in total. The topological polar surface area (TPSA) is 59.9 Å². The molecule has 0 saturated carbocycles. The van der Waals surface area contributed by atoms with Gasteiger partial charge in [0.1, 0.15) is 11.2 Å². The van der Waals surface area contributed by atoms with Crippen molar-refractivity contribution in [2.24, 2.45) is 5.10 Å². The number of allylic oxidation sites excluding steroid dienone is 1. The predicted molar refractivity (Wildman–Crippen MR) is 85.5 cm³/mol. The molecule has 0 bridgehead atoms. The lowest BCUT2D eigenvalue weighted by molar-refractivity contribution is 0.00578. The second kappa shape index (κ2) is 5.83. The van der Waals surface area contributed by atoms with E-state index in [-0.39, 0.29) is 5.91 Å². The first kappa shape index (κ1) is 16.1. The number of hydrogen-bond acceptors (Lipinski definition) is 4. The van der Waals surface area contributed by atoms with Crippen LogP contribution in [0, 0.1) is 6.92 Å². The fourth-order valence-electron chi connectivity index (χ4n) is 1.80. The van der Waals surface area contributed by atoms with Gasteiger partial charge in [0.05, 0.1) is 6.21 Å². The third-order valence-electron chi connectivity index (χ3n) is 3.93. The highest BCUT2D eigenvalue weighted by Crippen LogP contribution is 2.39. The molecular weight excluding hydrogens is 280 g/mol. The minimum absolute atomic E-state index is 0.261. The van der Waals surface area contributed by atoms with E-state index in [0.717, 1.165) is 5.56 Å². The number of aryl methyl sites for hydroxylation is 1. The molecule has 1 aliphatic rings. The van der Waals surface area contributed by atoms with Gasteiger partial charge in [-0.3, -0.25) is 4.79 Å². The largest absolute Gasteiger partial charge is 0.455 e.